The molecule has 3 aromatic rings. The molecule has 0 saturated heterocycles. The van der Waals surface area contributed by atoms with Gasteiger partial charge in [-0.05, 0) is 48.9 Å². The van der Waals surface area contributed by atoms with E-state index in [1.54, 1.807) is 0 Å². The van der Waals surface area contributed by atoms with Crippen molar-refractivity contribution in [2.75, 3.05) is 18.0 Å². The normalized spacial score (nSPS) is 15.0. The summed E-state index contributed by atoms with van der Waals surface area (Å²) in [6, 6.07) is 22.0. The number of aliphatic imine (C=N–C) groups is 1. The summed E-state index contributed by atoms with van der Waals surface area (Å²) in [4.78, 5) is 19.3. The van der Waals surface area contributed by atoms with Crippen LogP contribution in [0.1, 0.15) is 19.4 Å². The molecule has 1 amide bonds. The standard InChI is InChI=1S/C23H22N4O/c1-3-27(4-2)18-14-12-17(13-15-18)24-22-21(25-26-23(22)28)20-11-7-9-16-8-5-6-10-19(16)20/h5-15H,3-4H2,1-2H3,(H,24,26,28). The van der Waals surface area contributed by atoms with Crippen molar-refractivity contribution in [2.24, 2.45) is 10.1 Å². The maximum Gasteiger partial charge on any atom is 0.292 e. The molecule has 4 rings (SSSR count). The molecule has 5 nitrogen and oxygen atoms in total. The van der Waals surface area contributed by atoms with Crippen molar-refractivity contribution in [1.29, 1.82) is 0 Å². The molecule has 3 aromatic carbocycles. The summed E-state index contributed by atoms with van der Waals surface area (Å²) >= 11 is 0. The van der Waals surface area contributed by atoms with Gasteiger partial charge in [-0.2, -0.15) is 5.10 Å². The third-order valence-corrected chi connectivity index (χ3v) is 4.97. The number of carbonyl (C=O) groups excluding carboxylic acids is 1. The van der Waals surface area contributed by atoms with Crippen molar-refractivity contribution < 1.29 is 4.79 Å². The number of rotatable bonds is 5. The molecule has 1 aliphatic heterocycles. The van der Waals surface area contributed by atoms with Crippen molar-refractivity contribution in [1.82, 2.24) is 5.43 Å². The topological polar surface area (TPSA) is 57.1 Å². The van der Waals surface area contributed by atoms with Gasteiger partial charge in [-0.15, -0.1) is 0 Å². The Morgan fingerprint density at radius 2 is 1.64 bits per heavy atom. The second-order valence-electron chi connectivity index (χ2n) is 6.58. The lowest BCUT2D eigenvalue weighted by Crippen LogP contribution is -2.23. The second kappa shape index (κ2) is 7.64. The maximum atomic E-state index is 12.4. The van der Waals surface area contributed by atoms with Gasteiger partial charge in [0.2, 0.25) is 0 Å². The molecule has 0 unspecified atom stereocenters. The molecule has 1 aliphatic rings. The van der Waals surface area contributed by atoms with E-state index in [2.05, 4.69) is 34.3 Å². The van der Waals surface area contributed by atoms with Gasteiger partial charge in [0, 0.05) is 24.3 Å². The van der Waals surface area contributed by atoms with Gasteiger partial charge in [0.25, 0.3) is 5.91 Å². The lowest BCUT2D eigenvalue weighted by Gasteiger charge is -2.20. The Morgan fingerprint density at radius 1 is 0.929 bits per heavy atom. The highest BCUT2D eigenvalue weighted by Gasteiger charge is 2.27. The Labute approximate surface area is 164 Å². The van der Waals surface area contributed by atoms with E-state index in [0.717, 1.165) is 40.8 Å². The van der Waals surface area contributed by atoms with Crippen LogP contribution < -0.4 is 10.3 Å². The molecule has 28 heavy (non-hydrogen) atoms. The van der Waals surface area contributed by atoms with Crippen molar-refractivity contribution in [3.63, 3.8) is 0 Å². The number of anilines is 1. The highest BCUT2D eigenvalue weighted by atomic mass is 16.2. The van der Waals surface area contributed by atoms with Crippen molar-refractivity contribution in [3.8, 4) is 0 Å². The molecule has 1 heterocycles. The van der Waals surface area contributed by atoms with Crippen LogP contribution in [0.25, 0.3) is 10.8 Å². The van der Waals surface area contributed by atoms with E-state index in [0.29, 0.717) is 11.4 Å². The number of nitrogens with one attached hydrogen (secondary N) is 1. The predicted molar refractivity (Wildman–Crippen MR) is 116 cm³/mol. The van der Waals surface area contributed by atoms with Crippen LogP contribution in [-0.2, 0) is 4.79 Å². The zero-order chi connectivity index (χ0) is 19.5. The number of fused-ring (bicyclic) bond motifs is 1. The molecule has 0 atom stereocenters. The third kappa shape index (κ3) is 3.27. The SMILES string of the molecule is CCN(CC)c1ccc(N=C2C(=O)NN=C2c2cccc3ccccc23)cc1. The molecule has 5 heteroatoms. The van der Waals surface area contributed by atoms with Crippen LogP contribution in [-0.4, -0.2) is 30.4 Å². The molecule has 0 spiro atoms. The van der Waals surface area contributed by atoms with E-state index in [1.165, 1.54) is 0 Å². The first-order chi connectivity index (χ1) is 13.7. The fourth-order valence-electron chi connectivity index (χ4n) is 3.50. The lowest BCUT2D eigenvalue weighted by molar-refractivity contribution is -0.114. The molecular weight excluding hydrogens is 348 g/mol. The predicted octanol–water partition coefficient (Wildman–Crippen LogP) is 4.29. The highest BCUT2D eigenvalue weighted by molar-refractivity contribution is 6.72. The van der Waals surface area contributed by atoms with Gasteiger partial charge < -0.3 is 4.90 Å². The first kappa shape index (κ1) is 17.9. The average Bonchev–Trinajstić information content (AvgIpc) is 3.10. The fourth-order valence-corrected chi connectivity index (χ4v) is 3.50. The number of hydrazone groups is 1. The minimum Gasteiger partial charge on any atom is -0.372 e. The van der Waals surface area contributed by atoms with E-state index in [-0.39, 0.29) is 5.91 Å². The average molecular weight is 370 g/mol. The quantitative estimate of drug-likeness (QED) is 0.728. The van der Waals surface area contributed by atoms with Crippen LogP contribution in [0.15, 0.2) is 76.8 Å². The largest absolute Gasteiger partial charge is 0.372 e. The first-order valence-electron chi connectivity index (χ1n) is 9.51. The van der Waals surface area contributed by atoms with Crippen LogP contribution in [0.3, 0.4) is 0 Å². The number of hydrogen-bond acceptors (Lipinski definition) is 4. The van der Waals surface area contributed by atoms with Crippen LogP contribution in [0.4, 0.5) is 11.4 Å². The Balaban J connectivity index is 1.72. The molecule has 0 aliphatic carbocycles. The summed E-state index contributed by atoms with van der Waals surface area (Å²) in [6.45, 7) is 6.16. The van der Waals surface area contributed by atoms with Crippen LogP contribution >= 0.6 is 0 Å². The smallest absolute Gasteiger partial charge is 0.292 e. The van der Waals surface area contributed by atoms with Gasteiger partial charge >= 0.3 is 0 Å². The van der Waals surface area contributed by atoms with E-state index in [4.69, 9.17) is 0 Å². The maximum absolute atomic E-state index is 12.4. The van der Waals surface area contributed by atoms with E-state index in [9.17, 15) is 4.79 Å². The van der Waals surface area contributed by atoms with Gasteiger partial charge in [0.1, 0.15) is 5.71 Å². The monoisotopic (exact) mass is 370 g/mol. The van der Waals surface area contributed by atoms with Crippen molar-refractivity contribution in [2.45, 2.75) is 13.8 Å². The number of amides is 1. The van der Waals surface area contributed by atoms with E-state index < -0.39 is 0 Å². The Hall–Kier alpha value is -3.47. The summed E-state index contributed by atoms with van der Waals surface area (Å²) in [5.74, 6) is -0.282. The minimum absolute atomic E-state index is 0.282. The van der Waals surface area contributed by atoms with Crippen LogP contribution in [0.5, 0.6) is 0 Å². The molecule has 1 N–H and O–H groups in total. The zero-order valence-electron chi connectivity index (χ0n) is 16.0. The summed E-state index contributed by atoms with van der Waals surface area (Å²) in [6.07, 6.45) is 0. The Kier molecular flexibility index (Phi) is 4.89. The lowest BCUT2D eigenvalue weighted by atomic mass is 9.98. The molecule has 0 saturated carbocycles. The third-order valence-electron chi connectivity index (χ3n) is 4.97. The van der Waals surface area contributed by atoms with Crippen molar-refractivity contribution >= 4 is 39.5 Å². The Morgan fingerprint density at radius 3 is 2.39 bits per heavy atom. The fraction of sp³-hybridized carbons (Fsp3) is 0.174. The molecule has 140 valence electrons. The molecule has 0 fully saturated rings. The summed E-state index contributed by atoms with van der Waals surface area (Å²) in [7, 11) is 0. The number of carbonyl (C=O) groups is 1. The number of hydrogen-bond donors (Lipinski definition) is 1. The summed E-state index contributed by atoms with van der Waals surface area (Å²) in [5, 5.41) is 6.41. The summed E-state index contributed by atoms with van der Waals surface area (Å²) in [5.41, 5.74) is 6.26. The van der Waals surface area contributed by atoms with Gasteiger partial charge in [-0.25, -0.2) is 10.4 Å². The molecular formula is C23H22N4O. The van der Waals surface area contributed by atoms with Gasteiger partial charge in [-0.1, -0.05) is 42.5 Å². The highest BCUT2D eigenvalue weighted by Crippen LogP contribution is 2.24. The van der Waals surface area contributed by atoms with Gasteiger partial charge in [0.15, 0.2) is 5.71 Å². The molecule has 0 bridgehead atoms. The second-order valence-corrected chi connectivity index (χ2v) is 6.58. The van der Waals surface area contributed by atoms with Crippen LogP contribution in [0.2, 0.25) is 0 Å². The van der Waals surface area contributed by atoms with Gasteiger partial charge in [-0.3, -0.25) is 4.79 Å². The molecule has 0 aromatic heterocycles. The zero-order valence-corrected chi connectivity index (χ0v) is 16.0. The van der Waals surface area contributed by atoms with Gasteiger partial charge in [0.05, 0.1) is 5.69 Å². The van der Waals surface area contributed by atoms with E-state index >= 15 is 0 Å². The van der Waals surface area contributed by atoms with Crippen LogP contribution in [0, 0.1) is 0 Å². The van der Waals surface area contributed by atoms with E-state index in [1.807, 2.05) is 66.7 Å². The first-order valence-corrected chi connectivity index (χ1v) is 9.51. The number of benzene rings is 3. The molecule has 0 radical (unpaired) electrons. The summed E-state index contributed by atoms with van der Waals surface area (Å²) < 4.78 is 0. The van der Waals surface area contributed by atoms with Crippen molar-refractivity contribution in [3.05, 3.63) is 72.3 Å². The minimum atomic E-state index is -0.282. The Bertz CT molecular complexity index is 1070. The number of nitrogens with zero attached hydrogens (tertiary/aromatic N) is 3.